The normalized spacial score (nSPS) is 21.8. The maximum absolute atomic E-state index is 10.3. The fraction of sp³-hybridized carbons (Fsp3) is 0.167. The van der Waals surface area contributed by atoms with Crippen molar-refractivity contribution in [3.8, 4) is 0 Å². The molecule has 0 radical (unpaired) electrons. The molecule has 0 saturated carbocycles. The summed E-state index contributed by atoms with van der Waals surface area (Å²) < 4.78 is 10.3. The van der Waals surface area contributed by atoms with E-state index in [0.29, 0.717) is 0 Å². The van der Waals surface area contributed by atoms with E-state index < -0.39 is 11.0 Å². The Morgan fingerprint density at radius 1 is 1.55 bits per heavy atom. The molecule has 1 aliphatic carbocycles. The lowest BCUT2D eigenvalue weighted by Crippen LogP contribution is -2.27. The molecule has 0 fully saturated rings. The summed E-state index contributed by atoms with van der Waals surface area (Å²) in [6, 6.07) is -0.942. The van der Waals surface area contributed by atoms with Crippen LogP contribution in [0.2, 0.25) is 0 Å². The van der Waals surface area contributed by atoms with Gasteiger partial charge in [-0.1, -0.05) is 12.2 Å². The highest BCUT2D eigenvalue weighted by molar-refractivity contribution is 7.67. The van der Waals surface area contributed by atoms with Gasteiger partial charge in [-0.25, -0.2) is 4.21 Å². The molecule has 1 rings (SSSR count). The molecule has 1 aliphatic rings. The van der Waals surface area contributed by atoms with Crippen molar-refractivity contribution in [1.29, 1.82) is 0 Å². The summed E-state index contributed by atoms with van der Waals surface area (Å²) in [6.45, 7) is 0. The van der Waals surface area contributed by atoms with Gasteiger partial charge in [0.1, 0.15) is 4.86 Å². The topological polar surface area (TPSA) is 60.2 Å². The van der Waals surface area contributed by atoms with E-state index >= 15 is 0 Å². The Hall–Kier alpha value is -1.23. The SMILES string of the molecule is O=S=C1C=CC=CC1[N+](=O)[O-]. The number of hydrogen-bond acceptors (Lipinski definition) is 3. The number of allylic oxidation sites excluding steroid dienone is 2. The van der Waals surface area contributed by atoms with Crippen LogP contribution in [0.15, 0.2) is 24.3 Å². The molecule has 4 nitrogen and oxygen atoms in total. The highest BCUT2D eigenvalue weighted by atomic mass is 32.1. The van der Waals surface area contributed by atoms with E-state index in [1.54, 1.807) is 12.2 Å². The van der Waals surface area contributed by atoms with E-state index in [2.05, 4.69) is 0 Å². The van der Waals surface area contributed by atoms with Crippen LogP contribution in [0, 0.1) is 10.1 Å². The largest absolute Gasteiger partial charge is 0.268 e. The molecule has 0 aromatic heterocycles. The summed E-state index contributed by atoms with van der Waals surface area (Å²) in [5.74, 6) is 0. The first kappa shape index (κ1) is 7.87. The van der Waals surface area contributed by atoms with E-state index in [1.807, 2.05) is 0 Å². The lowest BCUT2D eigenvalue weighted by atomic mass is 10.1. The minimum absolute atomic E-state index is 0.169. The quantitative estimate of drug-likeness (QED) is 0.320. The highest BCUT2D eigenvalue weighted by Crippen LogP contribution is 2.02. The Labute approximate surface area is 66.4 Å². The number of rotatable bonds is 1. The van der Waals surface area contributed by atoms with Crippen molar-refractivity contribution in [3.05, 3.63) is 34.4 Å². The Bertz CT molecular complexity index is 288. The van der Waals surface area contributed by atoms with Crippen LogP contribution < -0.4 is 0 Å². The van der Waals surface area contributed by atoms with E-state index in [1.165, 1.54) is 12.2 Å². The van der Waals surface area contributed by atoms with Crippen molar-refractivity contribution in [3.63, 3.8) is 0 Å². The van der Waals surface area contributed by atoms with Crippen molar-refractivity contribution in [2.24, 2.45) is 0 Å². The van der Waals surface area contributed by atoms with Gasteiger partial charge >= 0.3 is 0 Å². The average molecular weight is 171 g/mol. The minimum atomic E-state index is -0.942. The molecule has 0 amide bonds. The molecule has 11 heavy (non-hydrogen) atoms. The van der Waals surface area contributed by atoms with Crippen molar-refractivity contribution in [2.75, 3.05) is 0 Å². The first-order valence-electron chi connectivity index (χ1n) is 2.90. The number of nitro groups is 1. The fourth-order valence-electron chi connectivity index (χ4n) is 0.764. The van der Waals surface area contributed by atoms with E-state index in [9.17, 15) is 14.3 Å². The summed E-state index contributed by atoms with van der Waals surface area (Å²) in [7, 11) is 0. The third kappa shape index (κ3) is 1.62. The van der Waals surface area contributed by atoms with E-state index in [0.717, 1.165) is 0 Å². The standard InChI is InChI=1S/C6H5NO3S/c8-7(9)5-3-1-2-4-6(5)11-10/h1-5H. The van der Waals surface area contributed by atoms with E-state index in [-0.39, 0.29) is 16.1 Å². The summed E-state index contributed by atoms with van der Waals surface area (Å²) in [5.41, 5.74) is 0. The van der Waals surface area contributed by atoms with Crippen molar-refractivity contribution < 1.29 is 9.13 Å². The van der Waals surface area contributed by atoms with Gasteiger partial charge in [-0.05, 0) is 12.2 Å². The predicted molar refractivity (Wildman–Crippen MR) is 42.2 cm³/mol. The van der Waals surface area contributed by atoms with Gasteiger partial charge in [0.05, 0.1) is 11.3 Å². The van der Waals surface area contributed by atoms with Crippen LogP contribution in [0.25, 0.3) is 0 Å². The Balaban J connectivity index is 2.97. The van der Waals surface area contributed by atoms with Crippen molar-refractivity contribution in [2.45, 2.75) is 6.04 Å². The summed E-state index contributed by atoms with van der Waals surface area (Å²) in [6.07, 6.45) is 6.03. The molecular formula is C6H5NO3S. The molecule has 0 saturated heterocycles. The second-order valence-corrected chi connectivity index (χ2v) is 2.60. The zero-order valence-electron chi connectivity index (χ0n) is 5.47. The van der Waals surface area contributed by atoms with Crippen LogP contribution in [0.4, 0.5) is 0 Å². The molecule has 0 heterocycles. The molecule has 0 bridgehead atoms. The third-order valence-corrected chi connectivity index (χ3v) is 1.85. The molecule has 0 aromatic carbocycles. The van der Waals surface area contributed by atoms with Crippen LogP contribution in [-0.2, 0) is 11.3 Å². The first-order chi connectivity index (χ1) is 5.25. The fourth-order valence-corrected chi connectivity index (χ4v) is 1.16. The van der Waals surface area contributed by atoms with Crippen molar-refractivity contribution >= 4 is 16.1 Å². The van der Waals surface area contributed by atoms with Gasteiger partial charge in [0, 0.05) is 4.92 Å². The minimum Gasteiger partial charge on any atom is -0.264 e. The molecule has 5 heteroatoms. The van der Waals surface area contributed by atoms with E-state index in [4.69, 9.17) is 0 Å². The third-order valence-electron chi connectivity index (χ3n) is 1.28. The van der Waals surface area contributed by atoms with Crippen LogP contribution in [-0.4, -0.2) is 20.0 Å². The van der Waals surface area contributed by atoms with Crippen LogP contribution >= 0.6 is 0 Å². The van der Waals surface area contributed by atoms with Gasteiger partial charge in [-0.3, -0.25) is 10.1 Å². The Morgan fingerprint density at radius 2 is 2.27 bits per heavy atom. The molecule has 1 atom stereocenters. The second-order valence-electron chi connectivity index (χ2n) is 1.96. The molecular weight excluding hydrogens is 166 g/mol. The maximum Gasteiger partial charge on any atom is 0.268 e. The molecule has 0 aromatic rings. The number of hydrogen-bond donors (Lipinski definition) is 0. The molecule has 0 spiro atoms. The van der Waals surface area contributed by atoms with Crippen LogP contribution in [0.5, 0.6) is 0 Å². The molecule has 0 N–H and O–H groups in total. The summed E-state index contributed by atoms with van der Waals surface area (Å²) in [5, 5.41) is 10.3. The van der Waals surface area contributed by atoms with Gasteiger partial charge in [-0.2, -0.15) is 0 Å². The predicted octanol–water partition coefficient (Wildman–Crippen LogP) is 0.143. The number of nitrogens with zero attached hydrogens (tertiary/aromatic N) is 1. The Morgan fingerprint density at radius 3 is 2.73 bits per heavy atom. The van der Waals surface area contributed by atoms with Gasteiger partial charge in [0.25, 0.3) is 6.04 Å². The summed E-state index contributed by atoms with van der Waals surface area (Å²) in [4.78, 5) is 10.0. The van der Waals surface area contributed by atoms with Crippen molar-refractivity contribution in [1.82, 2.24) is 0 Å². The van der Waals surface area contributed by atoms with Crippen LogP contribution in [0.3, 0.4) is 0 Å². The van der Waals surface area contributed by atoms with Gasteiger partial charge in [0.15, 0.2) is 0 Å². The summed E-state index contributed by atoms with van der Waals surface area (Å²) >= 11 is 0.169. The highest BCUT2D eigenvalue weighted by Gasteiger charge is 2.22. The lowest BCUT2D eigenvalue weighted by Gasteiger charge is -2.03. The van der Waals surface area contributed by atoms with Gasteiger partial charge in [-0.15, -0.1) is 0 Å². The zero-order valence-corrected chi connectivity index (χ0v) is 6.28. The smallest absolute Gasteiger partial charge is 0.264 e. The monoisotopic (exact) mass is 171 g/mol. The zero-order chi connectivity index (χ0) is 8.27. The van der Waals surface area contributed by atoms with Crippen LogP contribution in [0.1, 0.15) is 0 Å². The first-order valence-corrected chi connectivity index (χ1v) is 3.65. The maximum atomic E-state index is 10.3. The second kappa shape index (κ2) is 3.25. The lowest BCUT2D eigenvalue weighted by molar-refractivity contribution is -0.489. The molecule has 0 aliphatic heterocycles. The average Bonchev–Trinajstić information content (AvgIpc) is 2.04. The Kier molecular flexibility index (Phi) is 2.32. The van der Waals surface area contributed by atoms with Gasteiger partial charge in [0.2, 0.25) is 0 Å². The molecule has 58 valence electrons. The molecule has 1 unspecified atom stereocenters. The van der Waals surface area contributed by atoms with Gasteiger partial charge < -0.3 is 0 Å².